The summed E-state index contributed by atoms with van der Waals surface area (Å²) < 4.78 is 39.7. The minimum atomic E-state index is -4.42. The Hall–Kier alpha value is -1.44. The van der Waals surface area contributed by atoms with Crippen LogP contribution in [-0.2, 0) is 21.1 Å². The highest BCUT2D eigenvalue weighted by atomic mass is 32.3. The molecule has 0 N–H and O–H groups in total. The molecule has 2 aromatic rings. The van der Waals surface area contributed by atoms with Crippen LogP contribution in [0.2, 0.25) is 0 Å². The van der Waals surface area contributed by atoms with E-state index in [0.717, 1.165) is 18.0 Å². The van der Waals surface area contributed by atoms with Crippen LogP contribution in [0.15, 0.2) is 28.7 Å². The van der Waals surface area contributed by atoms with E-state index in [-0.39, 0.29) is 6.61 Å². The Balaban J connectivity index is 0.000000224. The van der Waals surface area contributed by atoms with Crippen LogP contribution in [0.25, 0.3) is 11.1 Å². The third kappa shape index (κ3) is 4.62. The quantitative estimate of drug-likeness (QED) is 0.485. The number of aromatic nitrogens is 1. The van der Waals surface area contributed by atoms with Crippen molar-refractivity contribution in [1.82, 2.24) is 0 Å². The van der Waals surface area contributed by atoms with Crippen LogP contribution >= 0.6 is 0 Å². The average Bonchev–Trinajstić information content (AvgIpc) is 2.63. The molecule has 1 aromatic heterocycles. The third-order valence-corrected chi connectivity index (χ3v) is 2.90. The number of aryl methyl sites for hydroxylation is 2. The van der Waals surface area contributed by atoms with Crippen molar-refractivity contribution >= 4 is 21.5 Å². The smallest absolute Gasteiger partial charge is 0.344 e. The maximum absolute atomic E-state index is 9.45. The standard InChI is InChI=1S/C10H12NO.C2H6O4S/c1-3-11-8(2)12-10-7-5-4-6-9(10)11;1-2-6-7(3,4)5/h4-7H,3H2,1-2H3;2H2,1H3,(H,3,4,5)/q+1;/p-1. The molecule has 0 spiro atoms. The number of benzene rings is 1. The van der Waals surface area contributed by atoms with E-state index in [1.54, 1.807) is 0 Å². The largest absolute Gasteiger partial charge is 0.726 e. The number of fused-ring (bicyclic) bond motifs is 1. The van der Waals surface area contributed by atoms with Crippen LogP contribution in [0.5, 0.6) is 0 Å². The average molecular weight is 287 g/mol. The summed E-state index contributed by atoms with van der Waals surface area (Å²) in [5.41, 5.74) is 2.15. The summed E-state index contributed by atoms with van der Waals surface area (Å²) in [5, 5.41) is 0. The van der Waals surface area contributed by atoms with Gasteiger partial charge in [-0.3, -0.25) is 4.18 Å². The fourth-order valence-corrected chi connectivity index (χ4v) is 1.98. The van der Waals surface area contributed by atoms with Crippen molar-refractivity contribution < 1.29 is 26.1 Å². The molecule has 0 aliphatic rings. The van der Waals surface area contributed by atoms with Crippen molar-refractivity contribution in [2.75, 3.05) is 6.61 Å². The Morgan fingerprint density at radius 1 is 1.32 bits per heavy atom. The lowest BCUT2D eigenvalue weighted by atomic mass is 10.3. The van der Waals surface area contributed by atoms with Gasteiger partial charge in [-0.2, -0.15) is 4.57 Å². The molecule has 0 saturated heterocycles. The monoisotopic (exact) mass is 287 g/mol. The van der Waals surface area contributed by atoms with E-state index in [4.69, 9.17) is 4.42 Å². The minimum Gasteiger partial charge on any atom is -0.726 e. The van der Waals surface area contributed by atoms with Crippen LogP contribution in [0.1, 0.15) is 19.7 Å². The third-order valence-electron chi connectivity index (χ3n) is 2.37. The second-order valence-corrected chi connectivity index (χ2v) is 4.70. The van der Waals surface area contributed by atoms with Crippen molar-refractivity contribution in [3.05, 3.63) is 30.2 Å². The van der Waals surface area contributed by atoms with Gasteiger partial charge in [-0.05, 0) is 19.9 Å². The van der Waals surface area contributed by atoms with Crippen molar-refractivity contribution in [2.24, 2.45) is 0 Å². The summed E-state index contributed by atoms with van der Waals surface area (Å²) in [6.45, 7) is 6.41. The lowest BCUT2D eigenvalue weighted by molar-refractivity contribution is -0.679. The molecule has 1 aromatic carbocycles. The number of oxazole rings is 1. The van der Waals surface area contributed by atoms with E-state index < -0.39 is 10.4 Å². The first-order chi connectivity index (χ1) is 8.89. The summed E-state index contributed by atoms with van der Waals surface area (Å²) in [7, 11) is -4.42. The van der Waals surface area contributed by atoms with Gasteiger partial charge < -0.3 is 8.97 Å². The fourth-order valence-electron chi connectivity index (χ4n) is 1.69. The van der Waals surface area contributed by atoms with Crippen molar-refractivity contribution in [3.63, 3.8) is 0 Å². The van der Waals surface area contributed by atoms with Crippen molar-refractivity contribution in [3.8, 4) is 0 Å². The molecule has 0 saturated carbocycles. The number of hydrogen-bond acceptors (Lipinski definition) is 5. The molecule has 0 radical (unpaired) electrons. The van der Waals surface area contributed by atoms with Gasteiger partial charge >= 0.3 is 5.89 Å². The van der Waals surface area contributed by atoms with Gasteiger partial charge in [-0.1, -0.05) is 12.1 Å². The first-order valence-electron chi connectivity index (χ1n) is 5.87. The van der Waals surface area contributed by atoms with Crippen molar-refractivity contribution in [1.29, 1.82) is 0 Å². The zero-order chi connectivity index (χ0) is 14.5. The first-order valence-corrected chi connectivity index (χ1v) is 7.20. The van der Waals surface area contributed by atoms with E-state index >= 15 is 0 Å². The van der Waals surface area contributed by atoms with Gasteiger partial charge in [0, 0.05) is 6.07 Å². The molecular formula is C12H17NO5S. The zero-order valence-electron chi connectivity index (χ0n) is 11.1. The minimum absolute atomic E-state index is 0.0914. The number of nitrogens with zero attached hydrogens (tertiary/aromatic N) is 1. The van der Waals surface area contributed by atoms with Gasteiger partial charge in [-0.15, -0.1) is 0 Å². The van der Waals surface area contributed by atoms with E-state index in [2.05, 4.69) is 21.7 Å². The summed E-state index contributed by atoms with van der Waals surface area (Å²) in [6, 6.07) is 8.10. The van der Waals surface area contributed by atoms with E-state index in [1.807, 2.05) is 25.1 Å². The van der Waals surface area contributed by atoms with Crippen LogP contribution in [0.4, 0.5) is 0 Å². The van der Waals surface area contributed by atoms with Gasteiger partial charge in [-0.25, -0.2) is 8.42 Å². The summed E-state index contributed by atoms with van der Waals surface area (Å²) in [6.07, 6.45) is 0. The van der Waals surface area contributed by atoms with E-state index in [9.17, 15) is 13.0 Å². The maximum Gasteiger partial charge on any atom is 0.344 e. The first kappa shape index (κ1) is 15.6. The molecule has 1 heterocycles. The van der Waals surface area contributed by atoms with Crippen LogP contribution in [0, 0.1) is 6.92 Å². The second kappa shape index (κ2) is 6.65. The molecule has 0 aliphatic carbocycles. The molecule has 0 atom stereocenters. The van der Waals surface area contributed by atoms with Gasteiger partial charge in [0.25, 0.3) is 5.52 Å². The molecule has 19 heavy (non-hydrogen) atoms. The Labute approximate surface area is 112 Å². The summed E-state index contributed by atoms with van der Waals surface area (Å²) in [4.78, 5) is 0. The Kier molecular flexibility index (Phi) is 5.46. The van der Waals surface area contributed by atoms with Gasteiger partial charge in [0.15, 0.2) is 0 Å². The van der Waals surface area contributed by atoms with Crippen LogP contribution in [0.3, 0.4) is 0 Å². The van der Waals surface area contributed by atoms with Crippen LogP contribution in [-0.4, -0.2) is 19.6 Å². The zero-order valence-corrected chi connectivity index (χ0v) is 11.9. The predicted octanol–water partition coefficient (Wildman–Crippen LogP) is 1.53. The summed E-state index contributed by atoms with van der Waals surface area (Å²) in [5.74, 6) is 0.971. The highest BCUT2D eigenvalue weighted by Crippen LogP contribution is 2.11. The molecule has 6 nitrogen and oxygen atoms in total. The molecule has 2 rings (SSSR count). The van der Waals surface area contributed by atoms with E-state index in [1.165, 1.54) is 12.4 Å². The van der Waals surface area contributed by atoms with Gasteiger partial charge in [0.2, 0.25) is 16.0 Å². The maximum atomic E-state index is 9.45. The molecule has 0 fully saturated rings. The SMILES string of the molecule is CCOS(=O)(=O)[O-].CC[n+]1c(C)oc2ccccc21. The summed E-state index contributed by atoms with van der Waals surface area (Å²) >= 11 is 0. The number of hydrogen-bond donors (Lipinski definition) is 0. The Bertz CT molecular complexity index is 633. The van der Waals surface area contributed by atoms with Crippen LogP contribution < -0.4 is 4.57 Å². The number of rotatable bonds is 3. The van der Waals surface area contributed by atoms with Crippen molar-refractivity contribution in [2.45, 2.75) is 27.3 Å². The Morgan fingerprint density at radius 3 is 2.42 bits per heavy atom. The number of para-hydroxylation sites is 2. The fraction of sp³-hybridized carbons (Fsp3) is 0.417. The van der Waals surface area contributed by atoms with Gasteiger partial charge in [0.1, 0.15) is 6.54 Å². The normalized spacial score (nSPS) is 11.2. The predicted molar refractivity (Wildman–Crippen MR) is 68.1 cm³/mol. The van der Waals surface area contributed by atoms with Gasteiger partial charge in [0.05, 0.1) is 13.5 Å². The molecular weight excluding hydrogens is 270 g/mol. The topological polar surface area (TPSA) is 83.5 Å². The molecule has 0 bridgehead atoms. The lowest BCUT2D eigenvalue weighted by Gasteiger charge is -2.02. The molecule has 0 unspecified atom stereocenters. The second-order valence-electron chi connectivity index (χ2n) is 3.65. The Morgan fingerprint density at radius 2 is 1.95 bits per heavy atom. The molecule has 7 heteroatoms. The lowest BCUT2D eigenvalue weighted by Crippen LogP contribution is -2.33. The highest BCUT2D eigenvalue weighted by Gasteiger charge is 2.15. The molecule has 0 aliphatic heterocycles. The molecule has 106 valence electrons. The van der Waals surface area contributed by atoms with E-state index in [0.29, 0.717) is 0 Å². The molecule has 0 amide bonds. The highest BCUT2D eigenvalue weighted by molar-refractivity contribution is 7.80.